The molecule has 0 aromatic heterocycles. The fourth-order valence-electron chi connectivity index (χ4n) is 7.45. The highest BCUT2D eigenvalue weighted by molar-refractivity contribution is 5.90. The zero-order valence-corrected chi connectivity index (χ0v) is 23.9. The molecule has 2 fully saturated rings. The van der Waals surface area contributed by atoms with Crippen molar-refractivity contribution < 1.29 is 9.84 Å². The Morgan fingerprint density at radius 2 is 1.53 bits per heavy atom. The minimum Gasteiger partial charge on any atom is -0.507 e. The van der Waals surface area contributed by atoms with Crippen LogP contribution in [0.3, 0.4) is 0 Å². The van der Waals surface area contributed by atoms with Crippen LogP contribution in [0.25, 0.3) is 11.1 Å². The van der Waals surface area contributed by atoms with E-state index in [1.54, 1.807) is 7.11 Å². The predicted octanol–water partition coefficient (Wildman–Crippen LogP) is 9.22. The van der Waals surface area contributed by atoms with Gasteiger partial charge in [-0.1, -0.05) is 77.1 Å². The van der Waals surface area contributed by atoms with E-state index in [0.29, 0.717) is 17.6 Å². The molecule has 2 aliphatic rings. The SMILES string of the molecule is COc1ccccc1-c1ccccc1N=Cc1cc(C(C)(C)C)cc(C23CC(C)CC(CC(C)C2)C3)c1O. The molecule has 3 heteroatoms. The molecule has 1 N–H and O–H groups in total. The molecule has 0 saturated heterocycles. The molecule has 3 aromatic carbocycles. The zero-order valence-electron chi connectivity index (χ0n) is 23.9. The van der Waals surface area contributed by atoms with Crippen molar-refractivity contribution in [3.05, 3.63) is 77.4 Å². The summed E-state index contributed by atoms with van der Waals surface area (Å²) in [5.74, 6) is 3.36. The summed E-state index contributed by atoms with van der Waals surface area (Å²) in [6.07, 6.45) is 8.01. The first-order chi connectivity index (χ1) is 18.1. The second kappa shape index (κ2) is 10.2. The van der Waals surface area contributed by atoms with E-state index in [9.17, 15) is 5.11 Å². The number of fused-ring (bicyclic) bond motifs is 2. The average molecular weight is 510 g/mol. The number of rotatable bonds is 5. The van der Waals surface area contributed by atoms with Crippen LogP contribution in [-0.2, 0) is 10.8 Å². The number of methoxy groups -OCH3 is 1. The lowest BCUT2D eigenvalue weighted by atomic mass is 9.54. The van der Waals surface area contributed by atoms with Gasteiger partial charge in [0.25, 0.3) is 0 Å². The van der Waals surface area contributed by atoms with Crippen molar-refractivity contribution in [2.45, 2.75) is 77.6 Å². The monoisotopic (exact) mass is 509 g/mol. The van der Waals surface area contributed by atoms with Gasteiger partial charge in [0.05, 0.1) is 12.8 Å². The number of aliphatic imine (C=N–C) groups is 1. The van der Waals surface area contributed by atoms with Gasteiger partial charge in [-0.15, -0.1) is 0 Å². The number of hydrogen-bond donors (Lipinski definition) is 1. The van der Waals surface area contributed by atoms with Crippen LogP contribution in [0.15, 0.2) is 65.7 Å². The molecule has 2 bridgehead atoms. The van der Waals surface area contributed by atoms with Crippen LogP contribution in [0.1, 0.15) is 83.4 Å². The van der Waals surface area contributed by atoms with Crippen LogP contribution in [0.5, 0.6) is 11.5 Å². The standard InChI is InChI=1S/C35H43NO2/c1-23-15-25-16-24(2)20-35(19-23,21-25)30-18-27(34(3,4)5)17-26(33(30)37)22-36-31-13-9-7-11-28(31)29-12-8-10-14-32(29)38-6/h7-14,17-18,22-25,37H,15-16,19-21H2,1-6H3. The minimum absolute atomic E-state index is 0.0308. The Labute approximate surface area is 229 Å². The van der Waals surface area contributed by atoms with Gasteiger partial charge in [-0.2, -0.15) is 0 Å². The molecule has 3 nitrogen and oxygen atoms in total. The molecule has 2 saturated carbocycles. The minimum atomic E-state index is -0.0308. The molecule has 0 spiro atoms. The highest BCUT2D eigenvalue weighted by Gasteiger charge is 2.47. The van der Waals surface area contributed by atoms with Crippen LogP contribution in [0.4, 0.5) is 5.69 Å². The van der Waals surface area contributed by atoms with E-state index in [1.165, 1.54) is 24.8 Å². The zero-order chi connectivity index (χ0) is 27.1. The van der Waals surface area contributed by atoms with Crippen molar-refractivity contribution >= 4 is 11.9 Å². The lowest BCUT2D eigenvalue weighted by Crippen LogP contribution is -2.42. The van der Waals surface area contributed by atoms with Crippen LogP contribution in [0, 0.1) is 17.8 Å². The molecule has 0 amide bonds. The maximum absolute atomic E-state index is 11.8. The maximum Gasteiger partial charge on any atom is 0.128 e. The summed E-state index contributed by atoms with van der Waals surface area (Å²) in [6.45, 7) is 11.6. The molecule has 2 unspecified atom stereocenters. The van der Waals surface area contributed by atoms with Gasteiger partial charge in [0.2, 0.25) is 0 Å². The van der Waals surface area contributed by atoms with E-state index in [2.05, 4.69) is 58.9 Å². The van der Waals surface area contributed by atoms with Crippen LogP contribution in [-0.4, -0.2) is 18.4 Å². The first-order valence-corrected chi connectivity index (χ1v) is 14.2. The number of nitrogens with zero attached hydrogens (tertiary/aromatic N) is 1. The summed E-state index contributed by atoms with van der Waals surface area (Å²) < 4.78 is 5.64. The van der Waals surface area contributed by atoms with Gasteiger partial charge in [0.1, 0.15) is 11.5 Å². The van der Waals surface area contributed by atoms with Crippen molar-refractivity contribution in [3.8, 4) is 22.6 Å². The molecule has 38 heavy (non-hydrogen) atoms. The smallest absolute Gasteiger partial charge is 0.128 e. The number of hydrogen-bond acceptors (Lipinski definition) is 3. The Bertz CT molecular complexity index is 1310. The topological polar surface area (TPSA) is 41.8 Å². The van der Waals surface area contributed by atoms with Gasteiger partial charge < -0.3 is 9.84 Å². The molecule has 2 atom stereocenters. The number of para-hydroxylation sites is 2. The normalized spacial score (nSPS) is 25.5. The molecule has 0 heterocycles. The average Bonchev–Trinajstić information content (AvgIpc) is 2.86. The summed E-state index contributed by atoms with van der Waals surface area (Å²) in [4.78, 5) is 4.97. The Hall–Kier alpha value is -3.07. The van der Waals surface area contributed by atoms with Gasteiger partial charge in [-0.05, 0) is 84.5 Å². The first-order valence-electron chi connectivity index (χ1n) is 14.2. The highest BCUT2D eigenvalue weighted by atomic mass is 16.5. The van der Waals surface area contributed by atoms with E-state index in [0.717, 1.165) is 52.5 Å². The van der Waals surface area contributed by atoms with Crippen molar-refractivity contribution in [1.82, 2.24) is 0 Å². The molecule has 2 aliphatic carbocycles. The summed E-state index contributed by atoms with van der Waals surface area (Å²) in [5, 5.41) is 11.8. The largest absolute Gasteiger partial charge is 0.507 e. The number of phenolic OH excluding ortho intramolecular Hbond substituents is 1. The third kappa shape index (κ3) is 5.13. The second-order valence-corrected chi connectivity index (χ2v) is 13.1. The van der Waals surface area contributed by atoms with E-state index >= 15 is 0 Å². The summed E-state index contributed by atoms with van der Waals surface area (Å²) in [7, 11) is 1.70. The predicted molar refractivity (Wildman–Crippen MR) is 159 cm³/mol. The fraction of sp³-hybridized carbons (Fsp3) is 0.457. The molecule has 200 valence electrons. The molecular formula is C35H43NO2. The first kappa shape index (κ1) is 26.5. The second-order valence-electron chi connectivity index (χ2n) is 13.1. The number of benzene rings is 3. The van der Waals surface area contributed by atoms with Crippen LogP contribution in [0.2, 0.25) is 0 Å². The number of aromatic hydroxyl groups is 1. The summed E-state index contributed by atoms with van der Waals surface area (Å²) >= 11 is 0. The summed E-state index contributed by atoms with van der Waals surface area (Å²) in [5.41, 5.74) is 6.10. The lowest BCUT2D eigenvalue weighted by molar-refractivity contribution is 0.0762. The molecular weight excluding hydrogens is 466 g/mol. The third-order valence-electron chi connectivity index (χ3n) is 8.85. The van der Waals surface area contributed by atoms with Crippen LogP contribution >= 0.6 is 0 Å². The Kier molecular flexibility index (Phi) is 7.15. The quantitative estimate of drug-likeness (QED) is 0.348. The van der Waals surface area contributed by atoms with Gasteiger partial charge in [-0.25, -0.2) is 0 Å². The lowest BCUT2D eigenvalue weighted by Gasteiger charge is -2.51. The van der Waals surface area contributed by atoms with Gasteiger partial charge in [-0.3, -0.25) is 4.99 Å². The Morgan fingerprint density at radius 1 is 0.895 bits per heavy atom. The van der Waals surface area contributed by atoms with E-state index in [-0.39, 0.29) is 10.8 Å². The van der Waals surface area contributed by atoms with E-state index in [4.69, 9.17) is 9.73 Å². The van der Waals surface area contributed by atoms with Gasteiger partial charge in [0, 0.05) is 28.5 Å². The maximum atomic E-state index is 11.8. The Morgan fingerprint density at radius 3 is 2.18 bits per heavy atom. The van der Waals surface area contributed by atoms with Gasteiger partial charge >= 0.3 is 0 Å². The number of ether oxygens (including phenoxy) is 1. The number of phenols is 1. The molecule has 0 aliphatic heterocycles. The van der Waals surface area contributed by atoms with Crippen molar-refractivity contribution in [3.63, 3.8) is 0 Å². The summed E-state index contributed by atoms with van der Waals surface area (Å²) in [6, 6.07) is 20.6. The molecule has 5 rings (SSSR count). The van der Waals surface area contributed by atoms with Crippen molar-refractivity contribution in [2.24, 2.45) is 22.7 Å². The fourth-order valence-corrected chi connectivity index (χ4v) is 7.45. The van der Waals surface area contributed by atoms with Crippen molar-refractivity contribution in [1.29, 1.82) is 0 Å². The Balaban J connectivity index is 1.62. The third-order valence-corrected chi connectivity index (χ3v) is 8.85. The highest BCUT2D eigenvalue weighted by Crippen LogP contribution is 2.56. The molecule has 3 aromatic rings. The van der Waals surface area contributed by atoms with E-state index in [1.807, 2.05) is 42.6 Å². The molecule has 0 radical (unpaired) electrons. The van der Waals surface area contributed by atoms with E-state index < -0.39 is 0 Å². The van der Waals surface area contributed by atoms with Gasteiger partial charge in [0.15, 0.2) is 0 Å². The van der Waals surface area contributed by atoms with Crippen LogP contribution < -0.4 is 4.74 Å². The van der Waals surface area contributed by atoms with Crippen molar-refractivity contribution in [2.75, 3.05) is 7.11 Å².